The number of nitrogens with zero attached hydrogens (tertiary/aromatic N) is 3. The van der Waals surface area contributed by atoms with Crippen molar-refractivity contribution >= 4 is 41.5 Å². The summed E-state index contributed by atoms with van der Waals surface area (Å²) in [6, 6.07) is 70.5. The van der Waals surface area contributed by atoms with Crippen molar-refractivity contribution in [1.29, 1.82) is 0 Å². The first-order chi connectivity index (χ1) is 23.7. The van der Waals surface area contributed by atoms with E-state index in [9.17, 15) is 0 Å². The van der Waals surface area contributed by atoms with Gasteiger partial charge in [0.1, 0.15) is 14.4 Å². The fourth-order valence-corrected chi connectivity index (χ4v) is 14.1. The molecule has 48 heavy (non-hydrogen) atoms. The van der Waals surface area contributed by atoms with E-state index in [2.05, 4.69) is 200 Å². The second kappa shape index (κ2) is 13.1. The van der Waals surface area contributed by atoms with Gasteiger partial charge in [-0.05, 0) is 40.5 Å². The molecule has 0 saturated carbocycles. The summed E-state index contributed by atoms with van der Waals surface area (Å²) in [6.45, 7) is 0. The van der Waals surface area contributed by atoms with Gasteiger partial charge in [-0.1, -0.05) is 182 Å². The lowest BCUT2D eigenvalue weighted by atomic mass is 9.96. The molecule has 0 atom stereocenters. The van der Waals surface area contributed by atoms with Gasteiger partial charge in [0.15, 0.2) is 5.84 Å². The Bertz CT molecular complexity index is 2100. The highest BCUT2D eigenvalue weighted by Gasteiger charge is 2.37. The van der Waals surface area contributed by atoms with Crippen LogP contribution in [0.1, 0.15) is 5.56 Å². The van der Waals surface area contributed by atoms with E-state index in [4.69, 9.17) is 14.0 Å². The molecule has 0 aliphatic carbocycles. The first kappa shape index (κ1) is 30.0. The third-order valence-corrected chi connectivity index (χ3v) is 15.7. The lowest BCUT2D eigenvalue weighted by Gasteiger charge is -2.33. The van der Waals surface area contributed by atoms with Crippen LogP contribution in [0.25, 0.3) is 22.3 Å². The zero-order valence-electron chi connectivity index (χ0n) is 26.3. The number of rotatable bonds is 7. The molecule has 0 radical (unpaired) electrons. The quantitative estimate of drug-likeness (QED) is 0.154. The molecule has 0 amide bonds. The van der Waals surface area contributed by atoms with Gasteiger partial charge in [-0.25, -0.2) is 14.0 Å². The molecule has 1 aliphatic heterocycles. The van der Waals surface area contributed by atoms with Crippen LogP contribution in [-0.2, 0) is 0 Å². The fraction of sp³-hybridized carbons (Fsp3) is 0. The SMILES string of the molecule is c1ccc(-c2cc(C3=NP(c4ccccc4)(c4ccccc4)=NP(c4ccccc4)(c4ccccc4)=N3)cc(-c3ccccc3)c2)cc1. The highest BCUT2D eigenvalue weighted by molar-refractivity contribution is 7.91. The summed E-state index contributed by atoms with van der Waals surface area (Å²) >= 11 is 0. The van der Waals surface area contributed by atoms with Gasteiger partial charge in [0.25, 0.3) is 0 Å². The Morgan fingerprint density at radius 3 is 0.979 bits per heavy atom. The van der Waals surface area contributed by atoms with Gasteiger partial charge in [-0.15, -0.1) is 0 Å². The molecule has 3 nitrogen and oxygen atoms in total. The Kier molecular flexibility index (Phi) is 8.17. The molecule has 8 rings (SSSR count). The zero-order chi connectivity index (χ0) is 32.2. The van der Waals surface area contributed by atoms with Crippen molar-refractivity contribution < 1.29 is 0 Å². The van der Waals surface area contributed by atoms with Crippen molar-refractivity contribution in [2.75, 3.05) is 0 Å². The highest BCUT2D eigenvalue weighted by atomic mass is 31.2. The van der Waals surface area contributed by atoms with Crippen LogP contribution in [0.15, 0.2) is 214 Å². The third kappa shape index (κ3) is 5.62. The molecule has 1 aliphatic rings. The molecule has 1 heterocycles. The fourth-order valence-electron chi connectivity index (χ4n) is 6.27. The van der Waals surface area contributed by atoms with Crippen molar-refractivity contribution in [3.63, 3.8) is 0 Å². The van der Waals surface area contributed by atoms with E-state index in [0.717, 1.165) is 54.9 Å². The molecule has 0 aromatic heterocycles. The van der Waals surface area contributed by atoms with E-state index in [1.54, 1.807) is 0 Å². The van der Waals surface area contributed by atoms with Crippen LogP contribution in [0.2, 0.25) is 0 Å². The summed E-state index contributed by atoms with van der Waals surface area (Å²) in [4.78, 5) is 0. The summed E-state index contributed by atoms with van der Waals surface area (Å²) in [6.07, 6.45) is 0. The molecule has 0 unspecified atom stereocenters. The van der Waals surface area contributed by atoms with Crippen LogP contribution in [0.4, 0.5) is 0 Å². The van der Waals surface area contributed by atoms with Gasteiger partial charge in [-0.3, -0.25) is 0 Å². The highest BCUT2D eigenvalue weighted by Crippen LogP contribution is 2.65. The van der Waals surface area contributed by atoms with Crippen LogP contribution in [0.5, 0.6) is 0 Å². The van der Waals surface area contributed by atoms with Gasteiger partial charge in [-0.2, -0.15) is 0 Å². The third-order valence-electron chi connectivity index (χ3n) is 8.61. The summed E-state index contributed by atoms with van der Waals surface area (Å²) in [7, 11) is -5.55. The monoisotopic (exact) mass is 653 g/mol. The smallest absolute Gasteiger partial charge is 0.161 e. The average Bonchev–Trinajstić information content (AvgIpc) is 3.19. The topological polar surface area (TPSA) is 37.1 Å². The predicted octanol–water partition coefficient (Wildman–Crippen LogP) is 10.3. The predicted molar refractivity (Wildman–Crippen MR) is 207 cm³/mol. The van der Waals surface area contributed by atoms with Crippen LogP contribution >= 0.6 is 14.4 Å². The van der Waals surface area contributed by atoms with Crippen molar-refractivity contribution in [1.82, 2.24) is 0 Å². The van der Waals surface area contributed by atoms with Gasteiger partial charge in [0, 0.05) is 26.8 Å². The van der Waals surface area contributed by atoms with Crippen LogP contribution < -0.4 is 21.2 Å². The molecule has 0 fully saturated rings. The van der Waals surface area contributed by atoms with E-state index in [1.807, 2.05) is 0 Å². The maximum Gasteiger partial charge on any atom is 0.161 e. The van der Waals surface area contributed by atoms with Crippen molar-refractivity contribution in [2.24, 2.45) is 14.0 Å². The molecule has 5 heteroatoms. The second-order valence-corrected chi connectivity index (χ2v) is 17.3. The molecule has 0 saturated heterocycles. The van der Waals surface area contributed by atoms with E-state index in [0.29, 0.717) is 0 Å². The van der Waals surface area contributed by atoms with Crippen molar-refractivity contribution in [3.8, 4) is 22.3 Å². The molecule has 230 valence electrons. The summed E-state index contributed by atoms with van der Waals surface area (Å²) in [5.41, 5.74) is 5.53. The molecular weight excluding hydrogens is 620 g/mol. The standard InChI is InChI=1S/C43H33N3P2/c1-7-19-34(20-8-1)36-31-37(35-21-9-2-10-22-35)33-38(32-36)43-44-47(39-23-11-3-12-24-39,40-25-13-4-14-26-40)46-48(45-43,41-27-15-5-16-28-41)42-29-17-6-18-30-42/h1-33H. The Balaban J connectivity index is 1.53. The number of hydrogen-bond donors (Lipinski definition) is 0. The second-order valence-electron chi connectivity index (χ2n) is 11.7. The first-order valence-electron chi connectivity index (χ1n) is 16.1. The van der Waals surface area contributed by atoms with Crippen LogP contribution in [-0.4, -0.2) is 5.84 Å². The first-order valence-corrected chi connectivity index (χ1v) is 19.5. The number of hydrogen-bond acceptors (Lipinski definition) is 3. The van der Waals surface area contributed by atoms with Crippen LogP contribution in [0.3, 0.4) is 0 Å². The molecule has 7 aromatic carbocycles. The van der Waals surface area contributed by atoms with E-state index in [1.165, 1.54) is 0 Å². The lowest BCUT2D eigenvalue weighted by molar-refractivity contribution is 1.50. The average molecular weight is 654 g/mol. The Morgan fingerprint density at radius 2 is 0.604 bits per heavy atom. The maximum absolute atomic E-state index is 6.03. The largest absolute Gasteiger partial charge is 0.223 e. The van der Waals surface area contributed by atoms with Crippen molar-refractivity contribution in [2.45, 2.75) is 0 Å². The van der Waals surface area contributed by atoms with E-state index >= 15 is 0 Å². The minimum absolute atomic E-state index is 0.738. The van der Waals surface area contributed by atoms with E-state index < -0.39 is 14.4 Å². The summed E-state index contributed by atoms with van der Waals surface area (Å²) in [5.74, 6) is 0.738. The Morgan fingerprint density at radius 1 is 0.292 bits per heavy atom. The Labute approximate surface area is 282 Å². The van der Waals surface area contributed by atoms with Gasteiger partial charge >= 0.3 is 0 Å². The molecule has 0 N–H and O–H groups in total. The lowest BCUT2D eigenvalue weighted by Crippen LogP contribution is -2.23. The summed E-state index contributed by atoms with van der Waals surface area (Å²) < 4.78 is 17.6. The number of benzene rings is 7. The van der Waals surface area contributed by atoms with E-state index in [-0.39, 0.29) is 0 Å². The molecular formula is C43H33N3P2. The number of amidine groups is 1. The van der Waals surface area contributed by atoms with Gasteiger partial charge in [0.2, 0.25) is 0 Å². The molecule has 7 aromatic rings. The minimum Gasteiger partial charge on any atom is -0.223 e. The van der Waals surface area contributed by atoms with Gasteiger partial charge < -0.3 is 0 Å². The zero-order valence-corrected chi connectivity index (χ0v) is 28.1. The van der Waals surface area contributed by atoms with Crippen LogP contribution in [0, 0.1) is 0 Å². The summed E-state index contributed by atoms with van der Waals surface area (Å²) in [5, 5.41) is 4.45. The van der Waals surface area contributed by atoms with Gasteiger partial charge in [0.05, 0.1) is 0 Å². The molecule has 0 bridgehead atoms. The minimum atomic E-state index is -2.77. The maximum atomic E-state index is 6.03. The molecule has 0 spiro atoms. The normalized spacial score (nSPS) is 14.6. The van der Waals surface area contributed by atoms with Crippen molar-refractivity contribution in [3.05, 3.63) is 206 Å². The Hall–Kier alpha value is -5.33.